The molecule has 1 aromatic heterocycles. The Morgan fingerprint density at radius 1 is 1.36 bits per heavy atom. The van der Waals surface area contributed by atoms with Crippen LogP contribution in [0.3, 0.4) is 0 Å². The van der Waals surface area contributed by atoms with Gasteiger partial charge in [-0.25, -0.2) is 4.98 Å². The first-order valence-corrected chi connectivity index (χ1v) is 4.59. The van der Waals surface area contributed by atoms with E-state index in [2.05, 4.69) is 9.97 Å². The minimum atomic E-state index is -0.197. The average molecular weight is 204 g/mol. The lowest BCUT2D eigenvalue weighted by atomic mass is 10.2. The van der Waals surface area contributed by atoms with Crippen molar-refractivity contribution in [2.45, 2.75) is 6.92 Å². The van der Waals surface area contributed by atoms with Gasteiger partial charge in [0.2, 0.25) is 0 Å². The molecule has 2 aromatic rings. The van der Waals surface area contributed by atoms with Gasteiger partial charge in [0.15, 0.2) is 0 Å². The number of aromatic amines is 1. The average Bonchev–Trinajstić information content (AvgIpc) is 2.27. The van der Waals surface area contributed by atoms with Gasteiger partial charge >= 0.3 is 0 Å². The second-order valence-electron chi connectivity index (χ2n) is 3.00. The molecule has 0 aliphatic heterocycles. The first kappa shape index (κ1) is 9.02. The summed E-state index contributed by atoms with van der Waals surface area (Å²) in [5, 5.41) is 0.799. The predicted molar refractivity (Wildman–Crippen MR) is 57.9 cm³/mol. The van der Waals surface area contributed by atoms with Crippen LogP contribution in [0, 0.1) is 11.6 Å². The molecule has 0 fully saturated rings. The number of hydrogen-bond donors (Lipinski definition) is 1. The summed E-state index contributed by atoms with van der Waals surface area (Å²) in [6.07, 6.45) is 0. The third kappa shape index (κ3) is 1.44. The van der Waals surface area contributed by atoms with Crippen LogP contribution >= 0.6 is 12.2 Å². The van der Waals surface area contributed by atoms with Gasteiger partial charge in [0.1, 0.15) is 10.3 Å². The van der Waals surface area contributed by atoms with E-state index < -0.39 is 0 Å². The van der Waals surface area contributed by atoms with Gasteiger partial charge in [-0.05, 0) is 19.1 Å². The van der Waals surface area contributed by atoms with Crippen LogP contribution in [0.1, 0.15) is 5.69 Å². The molecule has 0 bridgehead atoms. The summed E-state index contributed by atoms with van der Waals surface area (Å²) in [5.74, 6) is 0. The Bertz CT molecular complexity index is 604. The van der Waals surface area contributed by atoms with Crippen molar-refractivity contribution in [1.29, 1.82) is 0 Å². The van der Waals surface area contributed by atoms with Gasteiger partial charge in [-0.2, -0.15) is 0 Å². The number of aromatic nitrogens is 2. The fourth-order valence-corrected chi connectivity index (χ4v) is 1.57. The maximum atomic E-state index is 11.4. The second kappa shape index (κ2) is 3.31. The fraction of sp³-hybridized carbons (Fsp3) is 0.100. The molecule has 70 valence electrons. The van der Waals surface area contributed by atoms with Crippen molar-refractivity contribution in [3.05, 3.63) is 45.0 Å². The molecule has 1 N–H and O–H groups in total. The highest BCUT2D eigenvalue weighted by Crippen LogP contribution is 2.08. The molecule has 0 spiro atoms. The van der Waals surface area contributed by atoms with E-state index in [4.69, 9.17) is 12.2 Å². The smallest absolute Gasteiger partial charge is 0.269 e. The Morgan fingerprint density at radius 3 is 2.86 bits per heavy atom. The number of nitrogens with zero attached hydrogens (tertiary/aromatic N) is 1. The van der Waals surface area contributed by atoms with E-state index in [1.165, 1.54) is 0 Å². The number of hydrogen-bond acceptors (Lipinski definition) is 3. The quantitative estimate of drug-likeness (QED) is 0.667. The molecular formula is C10H8N2OS. The number of nitrogens with one attached hydrogen (secondary N) is 1. The number of fused-ring (bicyclic) bond motifs is 1. The fourth-order valence-electron chi connectivity index (χ4n) is 1.25. The van der Waals surface area contributed by atoms with Gasteiger partial charge in [0.25, 0.3) is 5.56 Å². The summed E-state index contributed by atoms with van der Waals surface area (Å²) in [5.41, 5.74) is 0.923. The molecule has 1 aromatic carbocycles. The van der Waals surface area contributed by atoms with Crippen LogP contribution in [-0.2, 0) is 0 Å². The molecule has 3 nitrogen and oxygen atoms in total. The van der Waals surface area contributed by atoms with E-state index in [9.17, 15) is 4.79 Å². The van der Waals surface area contributed by atoms with Gasteiger partial charge in [-0.1, -0.05) is 24.4 Å². The van der Waals surface area contributed by atoms with Crippen molar-refractivity contribution in [3.63, 3.8) is 0 Å². The van der Waals surface area contributed by atoms with Crippen molar-refractivity contribution >= 4 is 23.1 Å². The summed E-state index contributed by atoms with van der Waals surface area (Å²) in [4.78, 5) is 18.2. The molecule has 0 radical (unpaired) electrons. The van der Waals surface area contributed by atoms with Gasteiger partial charge < -0.3 is 4.98 Å². The molecule has 14 heavy (non-hydrogen) atoms. The lowest BCUT2D eigenvalue weighted by molar-refractivity contribution is 1.14. The molecule has 1 heterocycles. The zero-order valence-electron chi connectivity index (χ0n) is 7.57. The number of rotatable bonds is 0. The molecule has 2 rings (SSSR count). The van der Waals surface area contributed by atoms with Crippen LogP contribution in [0.25, 0.3) is 10.9 Å². The highest BCUT2D eigenvalue weighted by atomic mass is 32.1. The van der Waals surface area contributed by atoms with Crippen molar-refractivity contribution in [2.24, 2.45) is 0 Å². The molecule has 0 aliphatic carbocycles. The van der Waals surface area contributed by atoms with Crippen molar-refractivity contribution in [3.8, 4) is 0 Å². The molecule has 0 unspecified atom stereocenters. The summed E-state index contributed by atoms with van der Waals surface area (Å²) in [6.45, 7) is 1.65. The highest BCUT2D eigenvalue weighted by molar-refractivity contribution is 7.71. The Hall–Kier alpha value is -1.55. The minimum Gasteiger partial charge on any atom is -0.320 e. The molecule has 0 saturated heterocycles. The van der Waals surface area contributed by atoms with E-state index in [0.717, 1.165) is 10.9 Å². The molecule has 0 saturated carbocycles. The van der Waals surface area contributed by atoms with Crippen LogP contribution < -0.4 is 5.56 Å². The predicted octanol–water partition coefficient (Wildman–Crippen LogP) is 1.96. The third-order valence-electron chi connectivity index (χ3n) is 2.00. The lowest BCUT2D eigenvalue weighted by Gasteiger charge is -1.87. The first-order valence-electron chi connectivity index (χ1n) is 4.18. The summed E-state index contributed by atoms with van der Waals surface area (Å²) >= 11 is 5.10. The zero-order chi connectivity index (χ0) is 10.1. The Morgan fingerprint density at radius 2 is 2.07 bits per heavy atom. The lowest BCUT2D eigenvalue weighted by Crippen LogP contribution is -2.06. The van der Waals surface area contributed by atoms with E-state index >= 15 is 0 Å². The molecule has 0 atom stereocenters. The van der Waals surface area contributed by atoms with Crippen molar-refractivity contribution in [1.82, 2.24) is 9.97 Å². The standard InChI is InChI=1S/C10H8N2OS/c1-6-9(13)12-8-5-3-2-4-7(8)10(14)11-6/h2-5H,1H3,(H,12,13). The molecule has 0 amide bonds. The van der Waals surface area contributed by atoms with Gasteiger partial charge in [-0.15, -0.1) is 0 Å². The van der Waals surface area contributed by atoms with Crippen molar-refractivity contribution < 1.29 is 0 Å². The van der Waals surface area contributed by atoms with Crippen LogP contribution in [0.15, 0.2) is 29.1 Å². The largest absolute Gasteiger partial charge is 0.320 e. The Balaban J connectivity index is 3.13. The summed E-state index contributed by atoms with van der Waals surface area (Å²) < 4.78 is 0.455. The van der Waals surface area contributed by atoms with Crippen LogP contribution in [0.5, 0.6) is 0 Å². The monoisotopic (exact) mass is 204 g/mol. The Labute approximate surface area is 85.4 Å². The molecule has 0 aliphatic rings. The summed E-state index contributed by atoms with van der Waals surface area (Å²) in [6, 6.07) is 7.38. The van der Waals surface area contributed by atoms with E-state index in [-0.39, 0.29) is 5.56 Å². The number of H-pyrrole nitrogens is 1. The first-order chi connectivity index (χ1) is 6.68. The SMILES string of the molecule is Cc1nc(=S)c2ccccc2[nH]c1=O. The highest BCUT2D eigenvalue weighted by Gasteiger charge is 1.97. The summed E-state index contributed by atoms with van der Waals surface area (Å²) in [7, 11) is 0. The molecule has 4 heteroatoms. The number of aryl methyl sites for hydroxylation is 1. The number of benzene rings is 1. The van der Waals surface area contributed by atoms with Crippen molar-refractivity contribution in [2.75, 3.05) is 0 Å². The maximum Gasteiger partial charge on any atom is 0.269 e. The van der Waals surface area contributed by atoms with Gasteiger partial charge in [0.05, 0.1) is 5.52 Å². The Kier molecular flexibility index (Phi) is 2.13. The topological polar surface area (TPSA) is 45.8 Å². The third-order valence-corrected chi connectivity index (χ3v) is 2.31. The van der Waals surface area contributed by atoms with E-state index in [0.29, 0.717) is 10.3 Å². The van der Waals surface area contributed by atoms with Crippen LogP contribution in [0.4, 0.5) is 0 Å². The maximum absolute atomic E-state index is 11.4. The zero-order valence-corrected chi connectivity index (χ0v) is 8.39. The van der Waals surface area contributed by atoms with Crippen LogP contribution in [0.2, 0.25) is 0 Å². The normalized spacial score (nSPS) is 10.4. The second-order valence-corrected chi connectivity index (χ2v) is 3.39. The molecular weight excluding hydrogens is 196 g/mol. The van der Waals surface area contributed by atoms with E-state index in [1.807, 2.05) is 24.3 Å². The minimum absolute atomic E-state index is 0.197. The number of para-hydroxylation sites is 1. The van der Waals surface area contributed by atoms with Gasteiger partial charge in [-0.3, -0.25) is 4.79 Å². The van der Waals surface area contributed by atoms with E-state index in [1.54, 1.807) is 6.92 Å². The van der Waals surface area contributed by atoms with Gasteiger partial charge in [0, 0.05) is 5.39 Å². The van der Waals surface area contributed by atoms with Crippen LogP contribution in [-0.4, -0.2) is 9.97 Å².